The molecule has 1 unspecified atom stereocenters. The van der Waals surface area contributed by atoms with Crippen LogP contribution in [0, 0.1) is 6.92 Å². The first-order valence-electron chi connectivity index (χ1n) is 8.20. The van der Waals surface area contributed by atoms with Crippen LogP contribution in [0.5, 0.6) is 0 Å². The summed E-state index contributed by atoms with van der Waals surface area (Å²) in [6, 6.07) is 3.17. The van der Waals surface area contributed by atoms with Gasteiger partial charge in [-0.2, -0.15) is 22.9 Å². The molecule has 156 valence electrons. The molecule has 2 heterocycles. The fourth-order valence-electron chi connectivity index (χ4n) is 2.90. The number of methoxy groups -OCH3 is 1. The molecule has 0 saturated carbocycles. The molecule has 2 aliphatic heterocycles. The van der Waals surface area contributed by atoms with Crippen molar-refractivity contribution in [2.75, 3.05) is 32.6 Å². The van der Waals surface area contributed by atoms with Gasteiger partial charge in [0.1, 0.15) is 0 Å². The number of amides is 1. The highest BCUT2D eigenvalue weighted by molar-refractivity contribution is 8.07. The zero-order valence-electron chi connectivity index (χ0n) is 15.9. The number of hydrogen-bond donors (Lipinski definition) is 1. The molecule has 1 amide bonds. The average molecular weight is 479 g/mol. The Morgan fingerprint density at radius 3 is 2.66 bits per heavy atom. The minimum absolute atomic E-state index is 0.00304. The van der Waals surface area contributed by atoms with Gasteiger partial charge in [-0.15, -0.1) is 0 Å². The maximum Gasteiger partial charge on any atom is 0.420 e. The predicted octanol–water partition coefficient (Wildman–Crippen LogP) is 2.91. The van der Waals surface area contributed by atoms with E-state index in [9.17, 15) is 13.2 Å². The lowest BCUT2D eigenvalue weighted by Gasteiger charge is -2.41. The number of anilines is 1. The topological polar surface area (TPSA) is 91.3 Å². The molecule has 13 heteroatoms. The zero-order chi connectivity index (χ0) is 21.7. The van der Waals surface area contributed by atoms with Crippen LogP contribution in [0.4, 0.5) is 10.5 Å². The summed E-state index contributed by atoms with van der Waals surface area (Å²) in [5, 5.41) is 1.39. The Bertz CT molecular complexity index is 1090. The van der Waals surface area contributed by atoms with Crippen molar-refractivity contribution in [3.05, 3.63) is 39.6 Å². The monoisotopic (exact) mass is 478 g/mol. The SMILES string of the molecule is COC(=O)N1C[N+]2(C)C(=CC(=S)N2C)N=C1S(=O)(=O)Nc1c(Cl)ccc(C)c1Cl. The Balaban J connectivity index is 2.12. The second-order valence-electron chi connectivity index (χ2n) is 6.60. The van der Waals surface area contributed by atoms with Gasteiger partial charge >= 0.3 is 6.09 Å². The molecule has 9 nitrogen and oxygen atoms in total. The molecular weight excluding hydrogens is 461 g/mol. The van der Waals surface area contributed by atoms with E-state index in [1.807, 2.05) is 0 Å². The van der Waals surface area contributed by atoms with E-state index in [2.05, 4.69) is 9.71 Å². The third kappa shape index (κ3) is 3.57. The number of aliphatic imine (C=N–C) groups is 1. The molecule has 29 heavy (non-hydrogen) atoms. The molecule has 1 atom stereocenters. The van der Waals surface area contributed by atoms with E-state index >= 15 is 0 Å². The zero-order valence-corrected chi connectivity index (χ0v) is 19.1. The number of rotatable bonds is 2. The Morgan fingerprint density at radius 2 is 2.03 bits per heavy atom. The number of carbonyl (C=O) groups is 1. The number of ether oxygens (including phenoxy) is 1. The lowest BCUT2D eigenvalue weighted by Crippen LogP contribution is -2.63. The number of quaternary nitrogens is 1. The first kappa shape index (κ1) is 21.8. The highest BCUT2D eigenvalue weighted by Gasteiger charge is 2.51. The Morgan fingerprint density at radius 1 is 1.38 bits per heavy atom. The number of hydrogen-bond acceptors (Lipinski definition) is 6. The van der Waals surface area contributed by atoms with Crippen molar-refractivity contribution < 1.29 is 22.5 Å². The van der Waals surface area contributed by atoms with E-state index in [-0.39, 0.29) is 27.0 Å². The van der Waals surface area contributed by atoms with Crippen LogP contribution in [0.1, 0.15) is 5.56 Å². The van der Waals surface area contributed by atoms with E-state index in [4.69, 9.17) is 40.2 Å². The van der Waals surface area contributed by atoms with Crippen LogP contribution in [0.25, 0.3) is 0 Å². The minimum Gasteiger partial charge on any atom is -0.452 e. The van der Waals surface area contributed by atoms with E-state index in [1.54, 1.807) is 38.2 Å². The number of amidine groups is 1. The van der Waals surface area contributed by atoms with Crippen molar-refractivity contribution in [1.29, 1.82) is 0 Å². The minimum atomic E-state index is -4.36. The Kier molecular flexibility index (Phi) is 5.56. The highest BCUT2D eigenvalue weighted by atomic mass is 35.5. The Labute approximate surface area is 183 Å². The van der Waals surface area contributed by atoms with Gasteiger partial charge in [-0.05, 0) is 18.6 Å². The molecule has 0 spiro atoms. The lowest BCUT2D eigenvalue weighted by atomic mass is 10.2. The number of carbonyl (C=O) groups excluding carboxylic acids is 1. The number of halogens is 2. The first-order valence-corrected chi connectivity index (χ1v) is 10.8. The van der Waals surface area contributed by atoms with Crippen LogP contribution < -0.4 is 4.72 Å². The number of thiocarbonyl (C=S) groups is 1. The van der Waals surface area contributed by atoms with E-state index in [1.165, 1.54) is 6.07 Å². The number of likely N-dealkylation sites (N-methyl/N-ethyl adjacent to an activating group) is 1. The molecule has 3 rings (SSSR count). The Hall–Kier alpha value is -1.92. The maximum atomic E-state index is 13.2. The van der Waals surface area contributed by atoms with Crippen LogP contribution in [-0.2, 0) is 14.8 Å². The van der Waals surface area contributed by atoms with Crippen LogP contribution in [0.3, 0.4) is 0 Å². The van der Waals surface area contributed by atoms with Crippen molar-refractivity contribution in [3.8, 4) is 0 Å². The van der Waals surface area contributed by atoms with Gasteiger partial charge in [0.05, 0.1) is 43.0 Å². The van der Waals surface area contributed by atoms with Gasteiger partial charge in [-0.3, -0.25) is 4.72 Å². The molecule has 1 aromatic carbocycles. The third-order valence-electron chi connectivity index (χ3n) is 4.74. The summed E-state index contributed by atoms with van der Waals surface area (Å²) < 4.78 is 33.4. The number of aryl methyl sites for hydroxylation is 1. The summed E-state index contributed by atoms with van der Waals surface area (Å²) in [5.41, 5.74) is 0.621. The van der Waals surface area contributed by atoms with Crippen molar-refractivity contribution in [2.45, 2.75) is 6.92 Å². The molecule has 1 aromatic rings. The van der Waals surface area contributed by atoms with Gasteiger partial charge in [0, 0.05) is 0 Å². The third-order valence-corrected chi connectivity index (χ3v) is 7.19. The van der Waals surface area contributed by atoms with Crippen molar-refractivity contribution >= 4 is 67.4 Å². The van der Waals surface area contributed by atoms with Crippen LogP contribution in [0.2, 0.25) is 10.0 Å². The number of benzene rings is 1. The van der Waals surface area contributed by atoms with Gasteiger partial charge in [-0.25, -0.2) is 9.80 Å². The van der Waals surface area contributed by atoms with Crippen molar-refractivity contribution in [3.63, 3.8) is 0 Å². The van der Waals surface area contributed by atoms with Crippen molar-refractivity contribution in [1.82, 2.24) is 9.91 Å². The van der Waals surface area contributed by atoms with Gasteiger partial charge in [0.2, 0.25) is 0 Å². The molecule has 0 aromatic heterocycles. The maximum absolute atomic E-state index is 13.2. The summed E-state index contributed by atoms with van der Waals surface area (Å²) >= 11 is 17.6. The smallest absolute Gasteiger partial charge is 0.420 e. The molecule has 0 bridgehead atoms. The van der Waals surface area contributed by atoms with Gasteiger partial charge in [0.15, 0.2) is 11.7 Å². The largest absolute Gasteiger partial charge is 0.452 e. The van der Waals surface area contributed by atoms with E-state index in [0.717, 1.165) is 12.0 Å². The fourth-order valence-corrected chi connectivity index (χ4v) is 4.97. The lowest BCUT2D eigenvalue weighted by molar-refractivity contribution is -0.973. The summed E-state index contributed by atoms with van der Waals surface area (Å²) in [6.45, 7) is 1.61. The summed E-state index contributed by atoms with van der Waals surface area (Å²) in [6.07, 6.45) is 0.687. The second kappa shape index (κ2) is 7.40. The average Bonchev–Trinajstić information content (AvgIpc) is 2.89. The summed E-state index contributed by atoms with van der Waals surface area (Å²) in [5.74, 6) is 0.361. The molecule has 0 saturated heterocycles. The van der Waals surface area contributed by atoms with Crippen LogP contribution in [0.15, 0.2) is 29.0 Å². The molecule has 0 radical (unpaired) electrons. The van der Waals surface area contributed by atoms with Gasteiger partial charge in [-0.1, -0.05) is 41.5 Å². The van der Waals surface area contributed by atoms with Crippen molar-refractivity contribution in [2.24, 2.45) is 4.99 Å². The summed E-state index contributed by atoms with van der Waals surface area (Å²) in [4.78, 5) is 18.0. The molecular formula is C16H18Cl2N5O4S2+. The molecule has 0 fully saturated rings. The molecule has 0 aliphatic carbocycles. The van der Waals surface area contributed by atoms with Gasteiger partial charge in [0.25, 0.3) is 21.0 Å². The molecule has 1 N–H and O–H groups in total. The first-order chi connectivity index (χ1) is 13.4. The number of nitrogens with one attached hydrogen (secondary N) is 1. The standard InChI is InChI=1S/C16H18Cl2N5O4S2/c1-9-5-6-10(17)14(13(9)18)20-29(25,26)15-19-11-7-12(28)21(2)23(11,3)8-22(15)16(24)27-4/h5-7,20H,8H2,1-4H3/q+1. The van der Waals surface area contributed by atoms with E-state index < -0.39 is 21.3 Å². The highest BCUT2D eigenvalue weighted by Crippen LogP contribution is 2.36. The summed E-state index contributed by atoms with van der Waals surface area (Å²) in [7, 11) is 0.260. The predicted molar refractivity (Wildman–Crippen MR) is 115 cm³/mol. The number of sulfonamides is 1. The fraction of sp³-hybridized carbons (Fsp3) is 0.312. The van der Waals surface area contributed by atoms with Gasteiger partial charge < -0.3 is 4.74 Å². The number of nitrogens with zero attached hydrogens (tertiary/aromatic N) is 4. The quantitative estimate of drug-likeness (QED) is 0.518. The molecule has 2 aliphatic rings. The normalized spacial score (nSPS) is 21.5. The second-order valence-corrected chi connectivity index (χ2v) is 9.38. The van der Waals surface area contributed by atoms with E-state index in [0.29, 0.717) is 16.4 Å². The van der Waals surface area contributed by atoms with Crippen LogP contribution >= 0.6 is 35.4 Å². The van der Waals surface area contributed by atoms with Crippen LogP contribution in [-0.4, -0.2) is 67.0 Å². The number of fused-ring (bicyclic) bond motifs is 1.